The van der Waals surface area contributed by atoms with Gasteiger partial charge in [-0.15, -0.1) is 12.4 Å². The summed E-state index contributed by atoms with van der Waals surface area (Å²) in [6.07, 6.45) is 1.76. The van der Waals surface area contributed by atoms with Crippen molar-refractivity contribution in [2.75, 3.05) is 20.6 Å². The molecule has 3 aromatic rings. The van der Waals surface area contributed by atoms with Crippen LogP contribution in [0.1, 0.15) is 24.3 Å². The highest BCUT2D eigenvalue weighted by molar-refractivity contribution is 6.11. The number of rotatable bonds is 5. The van der Waals surface area contributed by atoms with Gasteiger partial charge in [0.2, 0.25) is 0 Å². The number of primary amides is 1. The van der Waals surface area contributed by atoms with Crippen molar-refractivity contribution in [3.05, 3.63) is 36.3 Å². The van der Waals surface area contributed by atoms with Crippen molar-refractivity contribution in [2.24, 2.45) is 11.7 Å². The topological polar surface area (TPSA) is 114 Å². The lowest BCUT2D eigenvalue weighted by Gasteiger charge is -2.09. The minimum atomic E-state index is -0.787. The van der Waals surface area contributed by atoms with Crippen molar-refractivity contribution >= 4 is 46.2 Å². The fraction of sp³-hybridized carbons (Fsp3) is 0.368. The van der Waals surface area contributed by atoms with Crippen molar-refractivity contribution in [1.82, 2.24) is 19.4 Å². The van der Waals surface area contributed by atoms with Crippen molar-refractivity contribution in [3.8, 4) is 0 Å². The number of nitrogens with zero attached hydrogens (tertiary/aromatic N) is 4. The minimum absolute atomic E-state index is 0. The van der Waals surface area contributed by atoms with E-state index in [1.165, 1.54) is 0 Å². The number of aliphatic carboxylic acids is 1. The second-order valence-electron chi connectivity index (χ2n) is 6.96. The average molecular weight is 408 g/mol. The number of imidazole rings is 1. The van der Waals surface area contributed by atoms with E-state index in [4.69, 9.17) is 10.8 Å². The maximum Gasteiger partial charge on any atom is 0.317 e. The number of nitrogens with two attached hydrogens (primary N) is 1. The fourth-order valence-corrected chi connectivity index (χ4v) is 2.76. The van der Waals surface area contributed by atoms with E-state index in [1.807, 2.05) is 24.3 Å². The van der Waals surface area contributed by atoms with Gasteiger partial charge in [-0.05, 0) is 26.1 Å². The van der Waals surface area contributed by atoms with Gasteiger partial charge in [0.05, 0.1) is 23.9 Å². The van der Waals surface area contributed by atoms with Gasteiger partial charge in [-0.25, -0.2) is 9.97 Å². The first-order chi connectivity index (χ1) is 12.7. The Morgan fingerprint density at radius 2 is 1.89 bits per heavy atom. The maximum absolute atomic E-state index is 11.6. The number of pyridine rings is 1. The lowest BCUT2D eigenvalue weighted by Crippen LogP contribution is -2.20. The molecule has 0 unspecified atom stereocenters. The normalized spacial score (nSPS) is 10.6. The summed E-state index contributed by atoms with van der Waals surface area (Å²) in [7, 11) is 3.43. The molecule has 2 heterocycles. The molecular formula is C19H26ClN5O3. The summed E-state index contributed by atoms with van der Waals surface area (Å²) in [5.41, 5.74) is 7.94. The monoisotopic (exact) mass is 407 g/mol. The van der Waals surface area contributed by atoms with E-state index in [2.05, 4.69) is 28.4 Å². The molecule has 0 fully saturated rings. The van der Waals surface area contributed by atoms with E-state index in [9.17, 15) is 9.59 Å². The third-order valence-corrected chi connectivity index (χ3v) is 3.70. The zero-order valence-electron chi connectivity index (χ0n) is 16.4. The number of amides is 1. The molecule has 9 heteroatoms. The average Bonchev–Trinajstić information content (AvgIpc) is 2.96. The zero-order chi connectivity index (χ0) is 20.1. The lowest BCUT2D eigenvalue weighted by molar-refractivity contribution is -0.137. The first-order valence-electron chi connectivity index (χ1n) is 8.60. The number of fused-ring (bicyclic) bond motifs is 3. The number of carbonyl (C=O) groups excluding carboxylic acids is 1. The number of halogens is 1. The van der Waals surface area contributed by atoms with Crippen LogP contribution in [0.4, 0.5) is 0 Å². The first-order valence-corrected chi connectivity index (χ1v) is 8.60. The molecular weight excluding hydrogens is 382 g/mol. The summed E-state index contributed by atoms with van der Waals surface area (Å²) in [6.45, 7) is 5.23. The predicted molar refractivity (Wildman–Crippen MR) is 112 cm³/mol. The van der Waals surface area contributed by atoms with Gasteiger partial charge < -0.3 is 15.4 Å². The van der Waals surface area contributed by atoms with Crippen LogP contribution in [0.3, 0.4) is 0 Å². The number of carboxylic acids is 1. The molecule has 0 aliphatic rings. The van der Waals surface area contributed by atoms with Gasteiger partial charge in [-0.2, -0.15) is 0 Å². The lowest BCUT2D eigenvalue weighted by atomic mass is 10.1. The molecule has 0 aliphatic heterocycles. The van der Waals surface area contributed by atoms with E-state index < -0.39 is 11.9 Å². The summed E-state index contributed by atoms with van der Waals surface area (Å²) >= 11 is 0. The number of aromatic nitrogens is 3. The van der Waals surface area contributed by atoms with Gasteiger partial charge in [0.25, 0.3) is 5.91 Å². The molecule has 1 amide bonds. The Bertz CT molecular complexity index is 969. The Balaban J connectivity index is 0.000000425. The predicted octanol–water partition coefficient (Wildman–Crippen LogP) is 2.39. The number of hydrogen-bond donors (Lipinski definition) is 2. The molecule has 0 aliphatic carbocycles. The summed E-state index contributed by atoms with van der Waals surface area (Å²) in [6, 6.07) is 7.73. The molecule has 0 radical (unpaired) electrons. The molecule has 3 N–H and O–H groups in total. The number of hydrogen-bond acceptors (Lipinski definition) is 5. The van der Waals surface area contributed by atoms with Gasteiger partial charge in [0.1, 0.15) is 5.52 Å². The third kappa shape index (κ3) is 5.64. The van der Waals surface area contributed by atoms with E-state index in [0.717, 1.165) is 23.0 Å². The summed E-state index contributed by atoms with van der Waals surface area (Å²) in [4.78, 5) is 31.7. The van der Waals surface area contributed by atoms with Crippen LogP contribution < -0.4 is 5.73 Å². The molecule has 0 spiro atoms. The quantitative estimate of drug-likeness (QED) is 0.671. The SMILES string of the molecule is CC(C)Cn1cnc2c(C(N)=O)nc3ccccc3c21.CN(C)CC(=O)O.Cl. The van der Waals surface area contributed by atoms with Crippen LogP contribution >= 0.6 is 12.4 Å². The molecule has 152 valence electrons. The summed E-state index contributed by atoms with van der Waals surface area (Å²) < 4.78 is 2.07. The number of likely N-dealkylation sites (N-methyl/N-ethyl adjacent to an activating group) is 1. The minimum Gasteiger partial charge on any atom is -0.480 e. The highest BCUT2D eigenvalue weighted by Gasteiger charge is 2.17. The third-order valence-electron chi connectivity index (χ3n) is 3.70. The second-order valence-corrected chi connectivity index (χ2v) is 6.96. The van der Waals surface area contributed by atoms with Gasteiger partial charge in [-0.1, -0.05) is 32.0 Å². The molecule has 0 bridgehead atoms. The van der Waals surface area contributed by atoms with E-state index >= 15 is 0 Å². The highest BCUT2D eigenvalue weighted by Crippen LogP contribution is 2.26. The smallest absolute Gasteiger partial charge is 0.317 e. The zero-order valence-corrected chi connectivity index (χ0v) is 17.2. The summed E-state index contributed by atoms with van der Waals surface area (Å²) in [5.74, 6) is -0.850. The van der Waals surface area contributed by atoms with Crippen LogP contribution in [0.2, 0.25) is 0 Å². The summed E-state index contributed by atoms with van der Waals surface area (Å²) in [5, 5.41) is 9.03. The first kappa shape index (κ1) is 23.3. The Labute approximate surface area is 169 Å². The fourth-order valence-electron chi connectivity index (χ4n) is 2.76. The highest BCUT2D eigenvalue weighted by atomic mass is 35.5. The second kappa shape index (κ2) is 10.0. The van der Waals surface area contributed by atoms with Gasteiger partial charge in [0.15, 0.2) is 5.69 Å². The molecule has 0 atom stereocenters. The van der Waals surface area contributed by atoms with Crippen LogP contribution in [0, 0.1) is 5.92 Å². The van der Waals surface area contributed by atoms with Gasteiger partial charge in [0, 0.05) is 11.9 Å². The van der Waals surface area contributed by atoms with Crippen LogP contribution in [-0.2, 0) is 11.3 Å². The van der Waals surface area contributed by atoms with Crippen molar-refractivity contribution < 1.29 is 14.7 Å². The Hall–Kier alpha value is -2.71. The number of carbonyl (C=O) groups is 2. The Kier molecular flexibility index (Phi) is 8.34. The van der Waals surface area contributed by atoms with Crippen LogP contribution in [-0.4, -0.2) is 57.1 Å². The van der Waals surface area contributed by atoms with Crippen LogP contribution in [0.15, 0.2) is 30.6 Å². The van der Waals surface area contributed by atoms with Crippen LogP contribution in [0.25, 0.3) is 21.9 Å². The van der Waals surface area contributed by atoms with E-state index in [-0.39, 0.29) is 24.6 Å². The Morgan fingerprint density at radius 3 is 2.39 bits per heavy atom. The maximum atomic E-state index is 11.6. The van der Waals surface area contributed by atoms with E-state index in [1.54, 1.807) is 25.3 Å². The number of para-hydroxylation sites is 1. The van der Waals surface area contributed by atoms with Crippen molar-refractivity contribution in [3.63, 3.8) is 0 Å². The molecule has 3 rings (SSSR count). The van der Waals surface area contributed by atoms with Crippen LogP contribution in [0.5, 0.6) is 0 Å². The van der Waals surface area contributed by atoms with Crippen molar-refractivity contribution in [1.29, 1.82) is 0 Å². The standard InChI is InChI=1S/C15H16N4O.C4H9NO2.ClH/c1-9(2)7-19-8-17-12-13(15(16)20)18-11-6-4-3-5-10(11)14(12)19;1-5(2)3-4(6)7;/h3-6,8-9H,7H2,1-2H3,(H2,16,20);3H2,1-2H3,(H,6,7);1H. The molecule has 8 nitrogen and oxygen atoms in total. The molecule has 28 heavy (non-hydrogen) atoms. The number of benzene rings is 1. The number of carboxylic acid groups (broad SMARTS) is 1. The van der Waals surface area contributed by atoms with Crippen molar-refractivity contribution in [2.45, 2.75) is 20.4 Å². The van der Waals surface area contributed by atoms with E-state index in [0.29, 0.717) is 11.4 Å². The molecule has 0 saturated heterocycles. The molecule has 1 aromatic carbocycles. The Morgan fingerprint density at radius 1 is 1.25 bits per heavy atom. The largest absolute Gasteiger partial charge is 0.480 e. The van der Waals surface area contributed by atoms with Gasteiger partial charge in [-0.3, -0.25) is 14.5 Å². The molecule has 2 aromatic heterocycles. The van der Waals surface area contributed by atoms with Gasteiger partial charge >= 0.3 is 5.97 Å². The molecule has 0 saturated carbocycles.